The standard InChI is InChI=1S/C18H36N2O2/c1-14(20-15(21)22-16(2,3)4)19-12-11-18(7)10-8-9-17(5,6)13-18/h14,19H,8-13H2,1-7H3,(H,20,21). The minimum Gasteiger partial charge on any atom is -0.444 e. The number of ether oxygens (including phenoxy) is 1. The fraction of sp³-hybridized carbons (Fsp3) is 0.944. The topological polar surface area (TPSA) is 50.4 Å². The van der Waals surface area contributed by atoms with E-state index in [4.69, 9.17) is 4.74 Å². The van der Waals surface area contributed by atoms with Crippen LogP contribution in [0.2, 0.25) is 0 Å². The van der Waals surface area contributed by atoms with Crippen molar-refractivity contribution in [2.75, 3.05) is 6.54 Å². The predicted molar refractivity (Wildman–Crippen MR) is 91.8 cm³/mol. The molecule has 1 amide bonds. The summed E-state index contributed by atoms with van der Waals surface area (Å²) in [4.78, 5) is 11.7. The molecule has 0 bridgehead atoms. The first-order valence-electron chi connectivity index (χ1n) is 8.64. The average Bonchev–Trinajstić information content (AvgIpc) is 2.23. The van der Waals surface area contributed by atoms with Gasteiger partial charge in [0.05, 0.1) is 6.17 Å². The van der Waals surface area contributed by atoms with E-state index < -0.39 is 5.60 Å². The Morgan fingerprint density at radius 3 is 2.41 bits per heavy atom. The highest BCUT2D eigenvalue weighted by Crippen LogP contribution is 2.47. The van der Waals surface area contributed by atoms with Crippen LogP contribution in [0, 0.1) is 10.8 Å². The van der Waals surface area contributed by atoms with Gasteiger partial charge in [-0.2, -0.15) is 0 Å². The van der Waals surface area contributed by atoms with Crippen molar-refractivity contribution in [1.82, 2.24) is 10.6 Å². The van der Waals surface area contributed by atoms with Gasteiger partial charge >= 0.3 is 6.09 Å². The van der Waals surface area contributed by atoms with Crippen LogP contribution in [0.25, 0.3) is 0 Å². The van der Waals surface area contributed by atoms with Crippen LogP contribution >= 0.6 is 0 Å². The van der Waals surface area contributed by atoms with Crippen LogP contribution in [0.4, 0.5) is 4.79 Å². The van der Waals surface area contributed by atoms with Crippen LogP contribution in [-0.2, 0) is 4.74 Å². The SMILES string of the molecule is CC(NCCC1(C)CCCC(C)(C)C1)NC(=O)OC(C)(C)C. The maximum absolute atomic E-state index is 11.7. The number of hydrogen-bond donors (Lipinski definition) is 2. The summed E-state index contributed by atoms with van der Waals surface area (Å²) < 4.78 is 5.26. The van der Waals surface area contributed by atoms with Crippen LogP contribution in [0.15, 0.2) is 0 Å². The molecule has 4 nitrogen and oxygen atoms in total. The highest BCUT2D eigenvalue weighted by Gasteiger charge is 2.35. The van der Waals surface area contributed by atoms with Crippen molar-refractivity contribution in [2.24, 2.45) is 10.8 Å². The summed E-state index contributed by atoms with van der Waals surface area (Å²) in [6.45, 7) is 15.7. The third-order valence-corrected chi connectivity index (χ3v) is 4.45. The van der Waals surface area contributed by atoms with Gasteiger partial charge in [0.15, 0.2) is 0 Å². The van der Waals surface area contributed by atoms with Gasteiger partial charge < -0.3 is 10.1 Å². The second kappa shape index (κ2) is 7.20. The van der Waals surface area contributed by atoms with Crippen molar-refractivity contribution in [3.05, 3.63) is 0 Å². The van der Waals surface area contributed by atoms with E-state index in [0.29, 0.717) is 10.8 Å². The van der Waals surface area contributed by atoms with Crippen molar-refractivity contribution in [3.8, 4) is 0 Å². The lowest BCUT2D eigenvalue weighted by atomic mass is 9.63. The third kappa shape index (κ3) is 7.48. The Balaban J connectivity index is 2.30. The highest BCUT2D eigenvalue weighted by atomic mass is 16.6. The van der Waals surface area contributed by atoms with E-state index in [9.17, 15) is 4.79 Å². The molecular weight excluding hydrogens is 276 g/mol. The minimum atomic E-state index is -0.453. The summed E-state index contributed by atoms with van der Waals surface area (Å²) in [6, 6.07) is 0. The van der Waals surface area contributed by atoms with Crippen molar-refractivity contribution in [2.45, 2.75) is 92.3 Å². The molecule has 22 heavy (non-hydrogen) atoms. The Labute approximate surface area is 136 Å². The first kappa shape index (κ1) is 19.3. The third-order valence-electron chi connectivity index (χ3n) is 4.45. The van der Waals surface area contributed by atoms with Crippen molar-refractivity contribution >= 4 is 6.09 Å². The van der Waals surface area contributed by atoms with E-state index in [1.165, 1.54) is 25.7 Å². The summed E-state index contributed by atoms with van der Waals surface area (Å²) in [7, 11) is 0. The predicted octanol–water partition coefficient (Wildman–Crippen LogP) is 4.44. The van der Waals surface area contributed by atoms with Crippen LogP contribution < -0.4 is 10.6 Å². The fourth-order valence-electron chi connectivity index (χ4n) is 3.67. The number of carbonyl (C=O) groups is 1. The Bertz CT molecular complexity index is 374. The van der Waals surface area contributed by atoms with E-state index in [1.807, 2.05) is 27.7 Å². The zero-order valence-electron chi connectivity index (χ0n) is 15.6. The molecule has 1 aliphatic carbocycles. The van der Waals surface area contributed by atoms with Gasteiger partial charge in [0, 0.05) is 0 Å². The lowest BCUT2D eigenvalue weighted by Crippen LogP contribution is -2.46. The molecule has 0 aromatic heterocycles. The molecule has 0 aliphatic heterocycles. The number of alkyl carbamates (subject to hydrolysis) is 1. The lowest BCUT2D eigenvalue weighted by Gasteiger charge is -2.43. The van der Waals surface area contributed by atoms with Gasteiger partial charge in [0.2, 0.25) is 0 Å². The lowest BCUT2D eigenvalue weighted by molar-refractivity contribution is 0.0496. The monoisotopic (exact) mass is 312 g/mol. The molecule has 1 fully saturated rings. The van der Waals surface area contributed by atoms with Gasteiger partial charge in [0.25, 0.3) is 0 Å². The smallest absolute Gasteiger partial charge is 0.408 e. The molecule has 2 unspecified atom stereocenters. The van der Waals surface area contributed by atoms with Gasteiger partial charge in [-0.1, -0.05) is 27.2 Å². The molecule has 1 aliphatic rings. The molecule has 130 valence electrons. The van der Waals surface area contributed by atoms with Crippen LogP contribution in [0.1, 0.15) is 80.6 Å². The van der Waals surface area contributed by atoms with Gasteiger partial charge in [-0.15, -0.1) is 0 Å². The molecule has 0 heterocycles. The molecular formula is C18H36N2O2. The molecule has 0 radical (unpaired) electrons. The van der Waals surface area contributed by atoms with E-state index in [1.54, 1.807) is 0 Å². The summed E-state index contributed by atoms with van der Waals surface area (Å²) in [5, 5.41) is 6.22. The molecule has 0 saturated heterocycles. The molecule has 0 spiro atoms. The maximum atomic E-state index is 11.7. The highest BCUT2D eigenvalue weighted by molar-refractivity contribution is 5.67. The molecule has 4 heteroatoms. The summed E-state index contributed by atoms with van der Waals surface area (Å²) in [6.07, 6.45) is 5.98. The Kier molecular flexibility index (Phi) is 6.31. The fourth-order valence-corrected chi connectivity index (χ4v) is 3.67. The Morgan fingerprint density at radius 1 is 1.23 bits per heavy atom. The Morgan fingerprint density at radius 2 is 1.86 bits per heavy atom. The zero-order chi connectivity index (χ0) is 17.0. The summed E-state index contributed by atoms with van der Waals surface area (Å²) in [5.74, 6) is 0. The van der Waals surface area contributed by atoms with Gasteiger partial charge in [-0.05, 0) is 70.8 Å². The number of carbonyl (C=O) groups excluding carboxylic acids is 1. The second-order valence-corrected chi connectivity index (χ2v) is 9.08. The molecule has 2 atom stereocenters. The average molecular weight is 312 g/mol. The molecule has 1 rings (SSSR count). The molecule has 1 saturated carbocycles. The quantitative estimate of drug-likeness (QED) is 0.738. The Hall–Kier alpha value is -0.770. The number of rotatable bonds is 5. The van der Waals surface area contributed by atoms with Gasteiger partial charge in [0.1, 0.15) is 5.60 Å². The number of nitrogens with one attached hydrogen (secondary N) is 2. The van der Waals surface area contributed by atoms with E-state index >= 15 is 0 Å². The number of amides is 1. The molecule has 2 N–H and O–H groups in total. The van der Waals surface area contributed by atoms with Crippen LogP contribution in [0.5, 0.6) is 0 Å². The normalized spacial score (nSPS) is 26.3. The maximum Gasteiger partial charge on any atom is 0.408 e. The van der Waals surface area contributed by atoms with E-state index in [0.717, 1.165) is 13.0 Å². The van der Waals surface area contributed by atoms with Gasteiger partial charge in [-0.25, -0.2) is 4.79 Å². The number of hydrogen-bond acceptors (Lipinski definition) is 3. The first-order valence-corrected chi connectivity index (χ1v) is 8.64. The molecule has 0 aromatic carbocycles. The summed E-state index contributed by atoms with van der Waals surface area (Å²) >= 11 is 0. The van der Waals surface area contributed by atoms with Crippen LogP contribution in [-0.4, -0.2) is 24.4 Å². The van der Waals surface area contributed by atoms with Crippen molar-refractivity contribution in [1.29, 1.82) is 0 Å². The van der Waals surface area contributed by atoms with Crippen molar-refractivity contribution in [3.63, 3.8) is 0 Å². The van der Waals surface area contributed by atoms with Crippen molar-refractivity contribution < 1.29 is 9.53 Å². The zero-order valence-corrected chi connectivity index (χ0v) is 15.6. The van der Waals surface area contributed by atoms with Crippen LogP contribution in [0.3, 0.4) is 0 Å². The second-order valence-electron chi connectivity index (χ2n) is 9.08. The van der Waals surface area contributed by atoms with E-state index in [2.05, 4.69) is 31.4 Å². The minimum absolute atomic E-state index is 0.0740. The largest absolute Gasteiger partial charge is 0.444 e. The summed E-state index contributed by atoms with van der Waals surface area (Å²) in [5.41, 5.74) is 0.429. The first-order chi connectivity index (χ1) is 9.91. The van der Waals surface area contributed by atoms with Gasteiger partial charge in [-0.3, -0.25) is 5.32 Å². The molecule has 0 aromatic rings. The van der Waals surface area contributed by atoms with E-state index in [-0.39, 0.29) is 12.3 Å².